The molecular formula is C20H24Cl3NO4. The first-order valence-corrected chi connectivity index (χ1v) is 10.1. The molecular weight excluding hydrogens is 425 g/mol. The monoisotopic (exact) mass is 447 g/mol. The third-order valence-corrected chi connectivity index (χ3v) is 4.88. The quantitative estimate of drug-likeness (QED) is 0.460. The van der Waals surface area contributed by atoms with E-state index in [4.69, 9.17) is 54.1 Å². The summed E-state index contributed by atoms with van der Waals surface area (Å²) in [6.07, 6.45) is 0. The van der Waals surface area contributed by atoms with Gasteiger partial charge in [-0.2, -0.15) is 0 Å². The van der Waals surface area contributed by atoms with Crippen LogP contribution in [0, 0.1) is 0 Å². The largest absolute Gasteiger partial charge is 0.490 e. The van der Waals surface area contributed by atoms with Gasteiger partial charge < -0.3 is 24.6 Å². The molecule has 0 saturated carbocycles. The van der Waals surface area contributed by atoms with E-state index >= 15 is 0 Å². The SMILES string of the molecule is CCOc1cc(CNCCOCCO)c(Cl)cc1OCc1c(Cl)cccc1Cl. The van der Waals surface area contributed by atoms with Crippen LogP contribution in [-0.4, -0.2) is 38.1 Å². The molecule has 0 amide bonds. The standard InChI is InChI=1S/C20H24Cl3NO4/c1-2-27-19-10-14(12-24-6-8-26-9-7-25)18(23)11-20(19)28-13-15-16(21)4-3-5-17(15)22/h3-5,10-11,24-25H,2,6-9,12-13H2,1H3. The Labute approximate surface area is 180 Å². The van der Waals surface area contributed by atoms with Crippen molar-refractivity contribution in [2.75, 3.05) is 33.0 Å². The predicted octanol–water partition coefficient (Wildman–Crippen LogP) is 4.72. The van der Waals surface area contributed by atoms with Crippen LogP contribution in [0.25, 0.3) is 0 Å². The Bertz CT molecular complexity index is 738. The van der Waals surface area contributed by atoms with Crippen LogP contribution in [0.15, 0.2) is 30.3 Å². The Morgan fingerprint density at radius 3 is 2.36 bits per heavy atom. The first-order chi connectivity index (χ1) is 13.6. The molecule has 0 aliphatic heterocycles. The summed E-state index contributed by atoms with van der Waals surface area (Å²) >= 11 is 18.8. The maximum Gasteiger partial charge on any atom is 0.163 e. The highest BCUT2D eigenvalue weighted by Crippen LogP contribution is 2.35. The smallest absolute Gasteiger partial charge is 0.163 e. The van der Waals surface area contributed by atoms with Crippen molar-refractivity contribution in [2.24, 2.45) is 0 Å². The minimum atomic E-state index is 0.0183. The second-order valence-corrected chi connectivity index (χ2v) is 7.05. The van der Waals surface area contributed by atoms with Gasteiger partial charge in [0.05, 0.1) is 26.4 Å². The summed E-state index contributed by atoms with van der Waals surface area (Å²) < 4.78 is 16.8. The molecule has 154 valence electrons. The average molecular weight is 449 g/mol. The highest BCUT2D eigenvalue weighted by atomic mass is 35.5. The summed E-state index contributed by atoms with van der Waals surface area (Å²) in [6, 6.07) is 8.91. The highest BCUT2D eigenvalue weighted by Gasteiger charge is 2.13. The second kappa shape index (κ2) is 12.4. The van der Waals surface area contributed by atoms with Gasteiger partial charge in [-0.25, -0.2) is 0 Å². The molecule has 0 aromatic heterocycles. The van der Waals surface area contributed by atoms with Gasteiger partial charge in [0.2, 0.25) is 0 Å². The van der Waals surface area contributed by atoms with Crippen LogP contribution in [0.4, 0.5) is 0 Å². The molecule has 0 radical (unpaired) electrons. The van der Waals surface area contributed by atoms with Crippen molar-refractivity contribution >= 4 is 34.8 Å². The number of rotatable bonds is 12. The lowest BCUT2D eigenvalue weighted by molar-refractivity contribution is 0.0938. The zero-order chi connectivity index (χ0) is 20.4. The number of benzene rings is 2. The number of aliphatic hydroxyl groups is 1. The molecule has 0 aliphatic carbocycles. The number of ether oxygens (including phenoxy) is 3. The summed E-state index contributed by atoms with van der Waals surface area (Å²) in [4.78, 5) is 0. The zero-order valence-corrected chi connectivity index (χ0v) is 17.9. The lowest BCUT2D eigenvalue weighted by atomic mass is 10.2. The van der Waals surface area contributed by atoms with E-state index in [1.165, 1.54) is 0 Å². The number of nitrogens with one attached hydrogen (secondary N) is 1. The molecule has 5 nitrogen and oxygen atoms in total. The fraction of sp³-hybridized carbons (Fsp3) is 0.400. The van der Waals surface area contributed by atoms with Crippen LogP contribution in [0.5, 0.6) is 11.5 Å². The molecule has 2 aromatic carbocycles. The molecule has 0 fully saturated rings. The zero-order valence-electron chi connectivity index (χ0n) is 15.6. The van der Waals surface area contributed by atoms with Gasteiger partial charge in [0.15, 0.2) is 11.5 Å². The van der Waals surface area contributed by atoms with Gasteiger partial charge in [0.25, 0.3) is 0 Å². The summed E-state index contributed by atoms with van der Waals surface area (Å²) in [5, 5.41) is 13.6. The van der Waals surface area contributed by atoms with Crippen molar-refractivity contribution < 1.29 is 19.3 Å². The lowest BCUT2D eigenvalue weighted by Gasteiger charge is -2.16. The van der Waals surface area contributed by atoms with Crippen LogP contribution in [-0.2, 0) is 17.9 Å². The second-order valence-electron chi connectivity index (χ2n) is 5.83. The van der Waals surface area contributed by atoms with Crippen molar-refractivity contribution in [3.63, 3.8) is 0 Å². The van der Waals surface area contributed by atoms with E-state index in [1.54, 1.807) is 24.3 Å². The molecule has 0 aliphatic rings. The van der Waals surface area contributed by atoms with E-state index in [-0.39, 0.29) is 13.2 Å². The van der Waals surface area contributed by atoms with Crippen LogP contribution in [0.1, 0.15) is 18.1 Å². The van der Waals surface area contributed by atoms with Gasteiger partial charge in [-0.3, -0.25) is 0 Å². The molecule has 0 saturated heterocycles. The molecule has 0 unspecified atom stereocenters. The molecule has 2 rings (SSSR count). The Morgan fingerprint density at radius 2 is 1.68 bits per heavy atom. The fourth-order valence-electron chi connectivity index (χ4n) is 2.45. The normalized spacial score (nSPS) is 10.9. The Balaban J connectivity index is 2.05. The topological polar surface area (TPSA) is 60.0 Å². The van der Waals surface area contributed by atoms with Gasteiger partial charge in [0, 0.05) is 39.8 Å². The summed E-state index contributed by atoms with van der Waals surface area (Å²) in [7, 11) is 0. The lowest BCUT2D eigenvalue weighted by Crippen LogP contribution is -2.20. The van der Waals surface area contributed by atoms with Crippen LogP contribution in [0.2, 0.25) is 15.1 Å². The van der Waals surface area contributed by atoms with Gasteiger partial charge in [-0.05, 0) is 30.7 Å². The highest BCUT2D eigenvalue weighted by molar-refractivity contribution is 6.36. The van der Waals surface area contributed by atoms with Crippen molar-refractivity contribution in [3.8, 4) is 11.5 Å². The maximum absolute atomic E-state index is 8.69. The number of aliphatic hydroxyl groups excluding tert-OH is 1. The van der Waals surface area contributed by atoms with E-state index in [9.17, 15) is 0 Å². The fourth-order valence-corrected chi connectivity index (χ4v) is 3.17. The third-order valence-electron chi connectivity index (χ3n) is 3.82. The van der Waals surface area contributed by atoms with E-state index in [1.807, 2.05) is 13.0 Å². The summed E-state index contributed by atoms with van der Waals surface area (Å²) in [6.45, 7) is 4.65. The average Bonchev–Trinajstić information content (AvgIpc) is 2.67. The van der Waals surface area contributed by atoms with Crippen LogP contribution >= 0.6 is 34.8 Å². The van der Waals surface area contributed by atoms with Crippen molar-refractivity contribution in [3.05, 3.63) is 56.5 Å². The molecule has 0 atom stereocenters. The van der Waals surface area contributed by atoms with Crippen molar-refractivity contribution in [2.45, 2.75) is 20.1 Å². The molecule has 0 bridgehead atoms. The van der Waals surface area contributed by atoms with E-state index in [0.29, 0.717) is 65.0 Å². The molecule has 2 N–H and O–H groups in total. The first-order valence-electron chi connectivity index (χ1n) is 8.97. The Hall–Kier alpha value is -1.21. The first kappa shape index (κ1) is 23.1. The van der Waals surface area contributed by atoms with Gasteiger partial charge in [-0.15, -0.1) is 0 Å². The predicted molar refractivity (Wildman–Crippen MR) is 113 cm³/mol. The minimum absolute atomic E-state index is 0.0183. The van der Waals surface area contributed by atoms with Crippen LogP contribution in [0.3, 0.4) is 0 Å². The summed E-state index contributed by atoms with van der Waals surface area (Å²) in [5.41, 5.74) is 1.59. The molecule has 0 spiro atoms. The number of halogens is 3. The van der Waals surface area contributed by atoms with Crippen molar-refractivity contribution in [1.82, 2.24) is 5.32 Å². The molecule has 0 heterocycles. The number of hydrogen-bond donors (Lipinski definition) is 2. The van der Waals surface area contributed by atoms with E-state index in [0.717, 1.165) is 5.56 Å². The molecule has 8 heteroatoms. The maximum atomic E-state index is 8.69. The Morgan fingerprint density at radius 1 is 0.964 bits per heavy atom. The van der Waals surface area contributed by atoms with Gasteiger partial charge in [0.1, 0.15) is 6.61 Å². The summed E-state index contributed by atoms with van der Waals surface area (Å²) in [5.74, 6) is 1.13. The minimum Gasteiger partial charge on any atom is -0.490 e. The number of hydrogen-bond acceptors (Lipinski definition) is 5. The van der Waals surface area contributed by atoms with Gasteiger partial charge in [-0.1, -0.05) is 40.9 Å². The van der Waals surface area contributed by atoms with E-state index in [2.05, 4.69) is 5.32 Å². The molecule has 2 aromatic rings. The third kappa shape index (κ3) is 6.99. The van der Waals surface area contributed by atoms with Crippen molar-refractivity contribution in [1.29, 1.82) is 0 Å². The van der Waals surface area contributed by atoms with Gasteiger partial charge >= 0.3 is 0 Å². The Kier molecular flexibility index (Phi) is 10.2. The van der Waals surface area contributed by atoms with E-state index < -0.39 is 0 Å². The molecule has 28 heavy (non-hydrogen) atoms. The van der Waals surface area contributed by atoms with Crippen LogP contribution < -0.4 is 14.8 Å².